The van der Waals surface area contributed by atoms with Crippen molar-refractivity contribution in [2.75, 3.05) is 11.9 Å². The minimum absolute atomic E-state index is 0.469. The predicted molar refractivity (Wildman–Crippen MR) is 68.2 cm³/mol. The zero-order chi connectivity index (χ0) is 12.1. The molecule has 1 aromatic rings. The highest BCUT2D eigenvalue weighted by molar-refractivity contribution is 5.37. The molecule has 1 heterocycles. The lowest BCUT2D eigenvalue weighted by Crippen LogP contribution is -2.16. The molecule has 1 saturated carbocycles. The lowest BCUT2D eigenvalue weighted by molar-refractivity contribution is 0.305. The molecule has 17 heavy (non-hydrogen) atoms. The number of aromatic nitrogens is 2. The van der Waals surface area contributed by atoms with Crippen LogP contribution in [0.2, 0.25) is 0 Å². The molecule has 1 unspecified atom stereocenters. The molecule has 0 radical (unpaired) electrons. The zero-order valence-electron chi connectivity index (χ0n) is 10.6. The first-order valence-corrected chi connectivity index (χ1v) is 6.49. The fraction of sp³-hybridized carbons (Fsp3) is 0.692. The van der Waals surface area contributed by atoms with Crippen LogP contribution in [0.15, 0.2) is 12.4 Å². The second-order valence-electron chi connectivity index (χ2n) is 4.81. The van der Waals surface area contributed by atoms with Gasteiger partial charge in [0.05, 0.1) is 6.61 Å². The standard InChI is InChI=1S/C13H21N3O/c1-3-6-17-13-8-12(14-9-15-13)16-10(2)7-11-4-5-11/h8-11H,3-7H2,1-2H3,(H,14,15,16). The molecule has 0 aliphatic heterocycles. The average molecular weight is 235 g/mol. The van der Waals surface area contributed by atoms with Crippen LogP contribution in [0, 0.1) is 5.92 Å². The molecular formula is C13H21N3O. The average Bonchev–Trinajstić information content (AvgIpc) is 3.10. The summed E-state index contributed by atoms with van der Waals surface area (Å²) in [5.74, 6) is 2.44. The summed E-state index contributed by atoms with van der Waals surface area (Å²) >= 11 is 0. The van der Waals surface area contributed by atoms with Gasteiger partial charge in [0, 0.05) is 12.1 Å². The van der Waals surface area contributed by atoms with Crippen LogP contribution in [0.4, 0.5) is 5.82 Å². The van der Waals surface area contributed by atoms with Gasteiger partial charge in [-0.05, 0) is 25.7 Å². The summed E-state index contributed by atoms with van der Waals surface area (Å²) in [4.78, 5) is 8.30. The third-order valence-electron chi connectivity index (χ3n) is 2.87. The van der Waals surface area contributed by atoms with Gasteiger partial charge in [0.25, 0.3) is 0 Å². The molecule has 0 aromatic carbocycles. The number of nitrogens with zero attached hydrogens (tertiary/aromatic N) is 2. The maximum absolute atomic E-state index is 5.48. The van der Waals surface area contributed by atoms with Crippen molar-refractivity contribution in [2.45, 2.75) is 45.6 Å². The first-order valence-electron chi connectivity index (χ1n) is 6.49. The molecule has 1 atom stereocenters. The van der Waals surface area contributed by atoms with Crippen LogP contribution in [-0.4, -0.2) is 22.6 Å². The van der Waals surface area contributed by atoms with Crippen molar-refractivity contribution in [1.29, 1.82) is 0 Å². The lowest BCUT2D eigenvalue weighted by Gasteiger charge is -2.14. The molecule has 1 aromatic heterocycles. The Balaban J connectivity index is 1.85. The predicted octanol–water partition coefficient (Wildman–Crippen LogP) is 2.87. The minimum atomic E-state index is 0.469. The monoisotopic (exact) mass is 235 g/mol. The zero-order valence-corrected chi connectivity index (χ0v) is 10.6. The van der Waals surface area contributed by atoms with Gasteiger partial charge in [0.15, 0.2) is 0 Å². The van der Waals surface area contributed by atoms with E-state index in [1.165, 1.54) is 19.3 Å². The van der Waals surface area contributed by atoms with Crippen LogP contribution in [0.3, 0.4) is 0 Å². The number of nitrogens with one attached hydrogen (secondary N) is 1. The molecule has 2 rings (SSSR count). The van der Waals surface area contributed by atoms with Gasteiger partial charge in [-0.15, -0.1) is 0 Å². The molecule has 0 bridgehead atoms. The molecule has 1 aliphatic carbocycles. The van der Waals surface area contributed by atoms with E-state index in [1.54, 1.807) is 6.33 Å². The summed E-state index contributed by atoms with van der Waals surface area (Å²) in [6, 6.07) is 2.34. The third-order valence-corrected chi connectivity index (χ3v) is 2.87. The summed E-state index contributed by atoms with van der Waals surface area (Å²) < 4.78 is 5.48. The Morgan fingerprint density at radius 1 is 1.47 bits per heavy atom. The minimum Gasteiger partial charge on any atom is -0.478 e. The van der Waals surface area contributed by atoms with Crippen LogP contribution in [0.5, 0.6) is 5.88 Å². The van der Waals surface area contributed by atoms with Gasteiger partial charge in [0.1, 0.15) is 12.1 Å². The van der Waals surface area contributed by atoms with E-state index in [2.05, 4.69) is 29.1 Å². The maximum atomic E-state index is 5.48. The van der Waals surface area contributed by atoms with Crippen LogP contribution < -0.4 is 10.1 Å². The molecule has 0 saturated heterocycles. The van der Waals surface area contributed by atoms with E-state index in [-0.39, 0.29) is 0 Å². The van der Waals surface area contributed by atoms with Crippen molar-refractivity contribution < 1.29 is 4.74 Å². The van der Waals surface area contributed by atoms with Gasteiger partial charge < -0.3 is 10.1 Å². The first kappa shape index (κ1) is 12.1. The highest BCUT2D eigenvalue weighted by atomic mass is 16.5. The van der Waals surface area contributed by atoms with E-state index in [4.69, 9.17) is 4.74 Å². The van der Waals surface area contributed by atoms with Crippen molar-refractivity contribution in [3.8, 4) is 5.88 Å². The van der Waals surface area contributed by atoms with Crippen molar-refractivity contribution >= 4 is 5.82 Å². The third kappa shape index (κ3) is 4.21. The Kier molecular flexibility index (Phi) is 4.18. The topological polar surface area (TPSA) is 47.0 Å². The molecular weight excluding hydrogens is 214 g/mol. The Labute approximate surface area is 103 Å². The Morgan fingerprint density at radius 3 is 3.00 bits per heavy atom. The SMILES string of the molecule is CCCOc1cc(NC(C)CC2CC2)ncn1. The summed E-state index contributed by atoms with van der Waals surface area (Å²) in [7, 11) is 0. The number of anilines is 1. The molecule has 0 spiro atoms. The highest BCUT2D eigenvalue weighted by Crippen LogP contribution is 2.34. The van der Waals surface area contributed by atoms with Crippen molar-refractivity contribution in [3.63, 3.8) is 0 Å². The van der Waals surface area contributed by atoms with E-state index < -0.39 is 0 Å². The summed E-state index contributed by atoms with van der Waals surface area (Å²) in [6.07, 6.45) is 6.55. The second-order valence-corrected chi connectivity index (χ2v) is 4.81. The normalized spacial score (nSPS) is 16.6. The first-order chi connectivity index (χ1) is 8.28. The van der Waals surface area contributed by atoms with E-state index in [9.17, 15) is 0 Å². The van der Waals surface area contributed by atoms with Crippen molar-refractivity contribution in [1.82, 2.24) is 9.97 Å². The van der Waals surface area contributed by atoms with E-state index >= 15 is 0 Å². The van der Waals surface area contributed by atoms with E-state index in [0.717, 1.165) is 18.2 Å². The molecule has 1 fully saturated rings. The van der Waals surface area contributed by atoms with E-state index in [0.29, 0.717) is 18.5 Å². The van der Waals surface area contributed by atoms with Crippen LogP contribution >= 0.6 is 0 Å². The summed E-state index contributed by atoms with van der Waals surface area (Å²) in [5, 5.41) is 3.40. The Morgan fingerprint density at radius 2 is 2.29 bits per heavy atom. The molecule has 4 heteroatoms. The molecule has 0 amide bonds. The number of hydrogen-bond donors (Lipinski definition) is 1. The molecule has 4 nitrogen and oxygen atoms in total. The fourth-order valence-corrected chi connectivity index (χ4v) is 1.87. The van der Waals surface area contributed by atoms with Gasteiger partial charge >= 0.3 is 0 Å². The summed E-state index contributed by atoms with van der Waals surface area (Å²) in [6.45, 7) is 4.99. The summed E-state index contributed by atoms with van der Waals surface area (Å²) in [5.41, 5.74) is 0. The highest BCUT2D eigenvalue weighted by Gasteiger charge is 2.23. The van der Waals surface area contributed by atoms with E-state index in [1.807, 2.05) is 6.07 Å². The maximum Gasteiger partial charge on any atom is 0.218 e. The Hall–Kier alpha value is -1.32. The molecule has 1 aliphatic rings. The van der Waals surface area contributed by atoms with Crippen LogP contribution in [-0.2, 0) is 0 Å². The lowest BCUT2D eigenvalue weighted by atomic mass is 10.1. The Bertz CT molecular complexity index is 352. The van der Waals surface area contributed by atoms with Crippen LogP contribution in [0.25, 0.3) is 0 Å². The number of ether oxygens (including phenoxy) is 1. The van der Waals surface area contributed by atoms with Gasteiger partial charge in [-0.25, -0.2) is 9.97 Å². The fourth-order valence-electron chi connectivity index (χ4n) is 1.87. The van der Waals surface area contributed by atoms with Gasteiger partial charge in [0.2, 0.25) is 5.88 Å². The second kappa shape index (κ2) is 5.84. The van der Waals surface area contributed by atoms with Gasteiger partial charge in [-0.2, -0.15) is 0 Å². The number of rotatable bonds is 7. The van der Waals surface area contributed by atoms with Crippen molar-refractivity contribution in [3.05, 3.63) is 12.4 Å². The molecule has 94 valence electrons. The van der Waals surface area contributed by atoms with Gasteiger partial charge in [-0.1, -0.05) is 19.8 Å². The van der Waals surface area contributed by atoms with Gasteiger partial charge in [-0.3, -0.25) is 0 Å². The van der Waals surface area contributed by atoms with Crippen molar-refractivity contribution in [2.24, 2.45) is 5.92 Å². The smallest absolute Gasteiger partial charge is 0.218 e. The number of hydrogen-bond acceptors (Lipinski definition) is 4. The molecule has 1 N–H and O–H groups in total. The van der Waals surface area contributed by atoms with Crippen LogP contribution in [0.1, 0.15) is 39.5 Å². The largest absolute Gasteiger partial charge is 0.478 e. The quantitative estimate of drug-likeness (QED) is 0.789.